The number of hydrogen-bond donors (Lipinski definition) is 1. The van der Waals surface area contributed by atoms with Gasteiger partial charge in [0.05, 0.1) is 6.54 Å². The molecule has 2 aromatic carbocycles. The molecule has 2 N–H and O–H groups in total. The highest BCUT2D eigenvalue weighted by Crippen LogP contribution is 2.24. The maximum atomic E-state index is 13.0. The number of nitrogen functional groups attached to an aromatic ring is 1. The predicted molar refractivity (Wildman–Crippen MR) is 87.6 cm³/mol. The van der Waals surface area contributed by atoms with E-state index in [1.54, 1.807) is 24.3 Å². The summed E-state index contributed by atoms with van der Waals surface area (Å²) < 4.78 is 32.9. The first kappa shape index (κ1) is 16.5. The SMILES string of the molecule is N#Cc1c(OCc2ccc(F)cc2)nn(Cc2ccc(F)cc2)c1N. The highest BCUT2D eigenvalue weighted by atomic mass is 19.1. The molecule has 0 aliphatic heterocycles. The van der Waals surface area contributed by atoms with Crippen molar-refractivity contribution in [1.29, 1.82) is 5.26 Å². The van der Waals surface area contributed by atoms with E-state index in [0.29, 0.717) is 0 Å². The summed E-state index contributed by atoms with van der Waals surface area (Å²) >= 11 is 0. The normalized spacial score (nSPS) is 10.4. The number of nitrogens with two attached hydrogens (primary N) is 1. The summed E-state index contributed by atoms with van der Waals surface area (Å²) in [5.74, 6) is -0.403. The quantitative estimate of drug-likeness (QED) is 0.773. The number of rotatable bonds is 5. The molecule has 0 aliphatic carbocycles. The fourth-order valence-corrected chi connectivity index (χ4v) is 2.27. The average molecular weight is 340 g/mol. The molecule has 5 nitrogen and oxygen atoms in total. The van der Waals surface area contributed by atoms with Crippen LogP contribution in [0.4, 0.5) is 14.6 Å². The molecule has 0 atom stereocenters. The second-order valence-electron chi connectivity index (χ2n) is 5.38. The molecule has 0 bridgehead atoms. The molecule has 0 fully saturated rings. The van der Waals surface area contributed by atoms with Crippen molar-refractivity contribution in [1.82, 2.24) is 9.78 Å². The molecule has 0 saturated carbocycles. The highest BCUT2D eigenvalue weighted by Gasteiger charge is 2.17. The van der Waals surface area contributed by atoms with Gasteiger partial charge in [0.15, 0.2) is 5.56 Å². The zero-order valence-corrected chi connectivity index (χ0v) is 13.1. The fraction of sp³-hybridized carbons (Fsp3) is 0.111. The molecule has 0 aliphatic rings. The van der Waals surface area contributed by atoms with Crippen molar-refractivity contribution in [2.24, 2.45) is 0 Å². The van der Waals surface area contributed by atoms with Crippen molar-refractivity contribution >= 4 is 5.82 Å². The molecule has 3 aromatic rings. The van der Waals surface area contributed by atoms with E-state index in [2.05, 4.69) is 5.10 Å². The Morgan fingerprint density at radius 1 is 1.00 bits per heavy atom. The summed E-state index contributed by atoms with van der Waals surface area (Å²) in [6.07, 6.45) is 0. The number of benzene rings is 2. The Bertz CT molecular complexity index is 912. The lowest BCUT2D eigenvalue weighted by Gasteiger charge is -2.04. The van der Waals surface area contributed by atoms with Gasteiger partial charge in [0.2, 0.25) is 0 Å². The van der Waals surface area contributed by atoms with Crippen molar-refractivity contribution in [3.8, 4) is 11.9 Å². The molecule has 0 saturated heterocycles. The molecule has 0 unspecified atom stereocenters. The Morgan fingerprint density at radius 3 is 2.12 bits per heavy atom. The number of hydrogen-bond acceptors (Lipinski definition) is 4. The molecule has 7 heteroatoms. The summed E-state index contributed by atoms with van der Waals surface area (Å²) in [4.78, 5) is 0. The van der Waals surface area contributed by atoms with Crippen LogP contribution in [0.5, 0.6) is 5.88 Å². The van der Waals surface area contributed by atoms with E-state index in [9.17, 15) is 14.0 Å². The number of anilines is 1. The predicted octanol–water partition coefficient (Wildman–Crippen LogP) is 3.24. The largest absolute Gasteiger partial charge is 0.471 e. The summed E-state index contributed by atoms with van der Waals surface area (Å²) in [5, 5.41) is 13.5. The van der Waals surface area contributed by atoms with E-state index in [4.69, 9.17) is 10.5 Å². The Labute approximate surface area is 142 Å². The van der Waals surface area contributed by atoms with Crippen LogP contribution < -0.4 is 10.5 Å². The maximum absolute atomic E-state index is 13.0. The van der Waals surface area contributed by atoms with Crippen molar-refractivity contribution in [2.75, 3.05) is 5.73 Å². The van der Waals surface area contributed by atoms with Gasteiger partial charge in [-0.3, -0.25) is 0 Å². The van der Waals surface area contributed by atoms with Crippen LogP contribution in [-0.4, -0.2) is 9.78 Å². The van der Waals surface area contributed by atoms with Crippen LogP contribution in [0, 0.1) is 23.0 Å². The van der Waals surface area contributed by atoms with Crippen LogP contribution in [-0.2, 0) is 13.2 Å². The van der Waals surface area contributed by atoms with Crippen LogP contribution in [0.1, 0.15) is 16.7 Å². The van der Waals surface area contributed by atoms with Crippen LogP contribution >= 0.6 is 0 Å². The molecule has 25 heavy (non-hydrogen) atoms. The van der Waals surface area contributed by atoms with Crippen LogP contribution in [0.15, 0.2) is 48.5 Å². The molecule has 3 rings (SSSR count). The Balaban J connectivity index is 1.79. The van der Waals surface area contributed by atoms with Gasteiger partial charge in [0, 0.05) is 0 Å². The van der Waals surface area contributed by atoms with Crippen LogP contribution in [0.2, 0.25) is 0 Å². The van der Waals surface area contributed by atoms with Gasteiger partial charge in [-0.05, 0) is 35.4 Å². The molecule has 1 heterocycles. The third kappa shape index (κ3) is 3.75. The molecule has 126 valence electrons. The third-order valence-corrected chi connectivity index (χ3v) is 3.61. The monoisotopic (exact) mass is 340 g/mol. The van der Waals surface area contributed by atoms with Crippen molar-refractivity contribution in [2.45, 2.75) is 13.2 Å². The van der Waals surface area contributed by atoms with Gasteiger partial charge in [-0.1, -0.05) is 24.3 Å². The minimum absolute atomic E-state index is 0.103. The van der Waals surface area contributed by atoms with Crippen molar-refractivity contribution < 1.29 is 13.5 Å². The smallest absolute Gasteiger partial charge is 0.253 e. The van der Waals surface area contributed by atoms with E-state index >= 15 is 0 Å². The van der Waals surface area contributed by atoms with Gasteiger partial charge in [0.25, 0.3) is 5.88 Å². The molecule has 1 aromatic heterocycles. The molecule has 0 radical (unpaired) electrons. The number of nitrogens with zero attached hydrogens (tertiary/aromatic N) is 3. The molecule has 0 amide bonds. The first-order valence-corrected chi connectivity index (χ1v) is 7.45. The molecule has 0 spiro atoms. The van der Waals surface area contributed by atoms with Crippen LogP contribution in [0.25, 0.3) is 0 Å². The summed E-state index contributed by atoms with van der Waals surface area (Å²) in [5.41, 5.74) is 7.60. The fourth-order valence-electron chi connectivity index (χ4n) is 2.27. The Hall–Kier alpha value is -3.40. The van der Waals surface area contributed by atoms with Gasteiger partial charge >= 0.3 is 0 Å². The van der Waals surface area contributed by atoms with Crippen molar-refractivity contribution in [3.63, 3.8) is 0 Å². The van der Waals surface area contributed by atoms with Gasteiger partial charge in [-0.15, -0.1) is 5.10 Å². The first-order valence-electron chi connectivity index (χ1n) is 7.45. The second kappa shape index (κ2) is 7.01. The van der Waals surface area contributed by atoms with Crippen LogP contribution in [0.3, 0.4) is 0 Å². The maximum Gasteiger partial charge on any atom is 0.253 e. The van der Waals surface area contributed by atoms with E-state index in [1.807, 2.05) is 6.07 Å². The van der Waals surface area contributed by atoms with Gasteiger partial charge in [-0.2, -0.15) is 5.26 Å². The molecular formula is C18H14F2N4O. The standard InChI is InChI=1S/C18H14F2N4O/c19-14-5-1-12(2-6-14)10-24-17(22)16(9-21)18(23-24)25-11-13-3-7-15(20)8-4-13/h1-8H,10-11,22H2. The minimum Gasteiger partial charge on any atom is -0.471 e. The number of nitriles is 1. The Kier molecular flexibility index (Phi) is 4.61. The van der Waals surface area contributed by atoms with E-state index in [-0.39, 0.29) is 42.0 Å². The highest BCUT2D eigenvalue weighted by molar-refractivity contribution is 5.55. The summed E-state index contributed by atoms with van der Waals surface area (Å²) in [6, 6.07) is 13.7. The van der Waals surface area contributed by atoms with E-state index < -0.39 is 0 Å². The lowest BCUT2D eigenvalue weighted by Crippen LogP contribution is -2.06. The lowest BCUT2D eigenvalue weighted by atomic mass is 10.2. The van der Waals surface area contributed by atoms with Gasteiger partial charge in [-0.25, -0.2) is 13.5 Å². The number of aromatic nitrogens is 2. The Morgan fingerprint density at radius 2 is 1.56 bits per heavy atom. The average Bonchev–Trinajstić information content (AvgIpc) is 2.91. The van der Waals surface area contributed by atoms with Gasteiger partial charge < -0.3 is 10.5 Å². The molecular weight excluding hydrogens is 326 g/mol. The summed E-state index contributed by atoms with van der Waals surface area (Å²) in [7, 11) is 0. The number of ether oxygens (including phenoxy) is 1. The topological polar surface area (TPSA) is 76.9 Å². The zero-order chi connectivity index (χ0) is 17.8. The van der Waals surface area contributed by atoms with E-state index in [1.165, 1.54) is 28.9 Å². The number of halogens is 2. The first-order chi connectivity index (χ1) is 12.1. The summed E-state index contributed by atoms with van der Waals surface area (Å²) in [6.45, 7) is 0.405. The third-order valence-electron chi connectivity index (χ3n) is 3.61. The van der Waals surface area contributed by atoms with Gasteiger partial charge in [0.1, 0.15) is 30.1 Å². The minimum atomic E-state index is -0.339. The van der Waals surface area contributed by atoms with E-state index in [0.717, 1.165) is 11.1 Å². The zero-order valence-electron chi connectivity index (χ0n) is 13.1. The lowest BCUT2D eigenvalue weighted by molar-refractivity contribution is 0.289. The van der Waals surface area contributed by atoms with Crippen molar-refractivity contribution in [3.05, 3.63) is 76.9 Å². The second-order valence-corrected chi connectivity index (χ2v) is 5.38.